The quantitative estimate of drug-likeness (QED) is 0.813. The lowest BCUT2D eigenvalue weighted by Crippen LogP contribution is -2.26. The van der Waals surface area contributed by atoms with E-state index in [1.807, 2.05) is 11.9 Å². The van der Waals surface area contributed by atoms with E-state index in [1.165, 1.54) is 0 Å². The van der Waals surface area contributed by atoms with Crippen LogP contribution >= 0.6 is 11.6 Å². The molecule has 0 aliphatic carbocycles. The van der Waals surface area contributed by atoms with Crippen molar-refractivity contribution >= 4 is 17.6 Å². The van der Waals surface area contributed by atoms with Crippen LogP contribution in [0.2, 0.25) is 5.02 Å². The highest BCUT2D eigenvalue weighted by molar-refractivity contribution is 6.30. The molecule has 0 saturated carbocycles. The number of carboxylic acids is 1. The molecule has 0 fully saturated rings. The maximum absolute atomic E-state index is 10.4. The molecule has 0 amide bonds. The summed E-state index contributed by atoms with van der Waals surface area (Å²) in [6.45, 7) is 1.74. The van der Waals surface area contributed by atoms with Crippen molar-refractivity contribution in [3.8, 4) is 5.75 Å². The van der Waals surface area contributed by atoms with Gasteiger partial charge >= 0.3 is 5.97 Å². The average Bonchev–Trinajstić information content (AvgIpc) is 2.29. The molecular formula is C12H16ClNO3. The molecule has 0 heterocycles. The minimum absolute atomic E-state index is 0.150. The van der Waals surface area contributed by atoms with E-state index in [2.05, 4.69) is 0 Å². The molecule has 4 nitrogen and oxygen atoms in total. The van der Waals surface area contributed by atoms with Gasteiger partial charge in [0.1, 0.15) is 12.4 Å². The number of carbonyl (C=O) groups is 1. The van der Waals surface area contributed by atoms with E-state index in [9.17, 15) is 4.79 Å². The normalized spacial score (nSPS) is 10.5. The van der Waals surface area contributed by atoms with Gasteiger partial charge in [-0.15, -0.1) is 0 Å². The predicted octanol–water partition coefficient (Wildman–Crippen LogP) is 2.13. The molecule has 1 N–H and O–H groups in total. The van der Waals surface area contributed by atoms with Gasteiger partial charge in [0.25, 0.3) is 0 Å². The first-order valence-electron chi connectivity index (χ1n) is 5.36. The third-order valence-electron chi connectivity index (χ3n) is 2.26. The number of carboxylic acid groups (broad SMARTS) is 1. The van der Waals surface area contributed by atoms with Crippen molar-refractivity contribution in [3.63, 3.8) is 0 Å². The molecule has 0 bridgehead atoms. The highest BCUT2D eigenvalue weighted by atomic mass is 35.5. The number of ether oxygens (including phenoxy) is 1. The maximum Gasteiger partial charge on any atom is 0.304 e. The summed E-state index contributed by atoms with van der Waals surface area (Å²) >= 11 is 5.75. The van der Waals surface area contributed by atoms with E-state index >= 15 is 0 Å². The first-order valence-corrected chi connectivity index (χ1v) is 5.74. The second-order valence-corrected chi connectivity index (χ2v) is 4.19. The number of aliphatic carboxylic acids is 1. The van der Waals surface area contributed by atoms with Gasteiger partial charge in [-0.05, 0) is 31.3 Å². The number of likely N-dealkylation sites (N-methyl/N-ethyl adjacent to an activating group) is 1. The molecule has 0 saturated heterocycles. The Balaban J connectivity index is 2.18. The molecule has 0 aliphatic heterocycles. The number of hydrogen-bond donors (Lipinski definition) is 1. The van der Waals surface area contributed by atoms with Gasteiger partial charge in [0.15, 0.2) is 0 Å². The zero-order valence-corrected chi connectivity index (χ0v) is 10.5. The Morgan fingerprint density at radius 3 is 2.59 bits per heavy atom. The van der Waals surface area contributed by atoms with E-state index < -0.39 is 5.97 Å². The molecule has 1 aromatic rings. The molecule has 0 aliphatic rings. The van der Waals surface area contributed by atoms with Crippen LogP contribution in [-0.4, -0.2) is 42.7 Å². The molecule has 17 heavy (non-hydrogen) atoms. The first-order chi connectivity index (χ1) is 8.08. The summed E-state index contributed by atoms with van der Waals surface area (Å²) in [6.07, 6.45) is 0.150. The van der Waals surface area contributed by atoms with Crippen LogP contribution in [0, 0.1) is 0 Å². The van der Waals surface area contributed by atoms with Gasteiger partial charge in [-0.3, -0.25) is 4.79 Å². The Morgan fingerprint density at radius 1 is 1.35 bits per heavy atom. The largest absolute Gasteiger partial charge is 0.492 e. The summed E-state index contributed by atoms with van der Waals surface area (Å²) in [5.74, 6) is -0.0171. The number of benzene rings is 1. The standard InChI is InChI=1S/C12H16ClNO3/c1-14(7-6-12(15)16)8-9-17-11-4-2-10(13)3-5-11/h2-5H,6-9H2,1H3,(H,15,16). The van der Waals surface area contributed by atoms with Crippen LogP contribution < -0.4 is 4.74 Å². The van der Waals surface area contributed by atoms with Crippen LogP contribution in [0.3, 0.4) is 0 Å². The molecule has 1 aromatic carbocycles. The van der Waals surface area contributed by atoms with E-state index in [1.54, 1.807) is 24.3 Å². The Hall–Kier alpha value is -1.26. The number of rotatable bonds is 7. The Morgan fingerprint density at radius 2 is 2.00 bits per heavy atom. The van der Waals surface area contributed by atoms with Gasteiger partial charge < -0.3 is 14.7 Å². The SMILES string of the molecule is CN(CCOc1ccc(Cl)cc1)CCC(=O)O. The number of hydrogen-bond acceptors (Lipinski definition) is 3. The van der Waals surface area contributed by atoms with E-state index in [4.69, 9.17) is 21.4 Å². The van der Waals surface area contributed by atoms with Gasteiger partial charge in [0.2, 0.25) is 0 Å². The molecule has 0 aromatic heterocycles. The van der Waals surface area contributed by atoms with Crippen molar-refractivity contribution in [2.45, 2.75) is 6.42 Å². The summed E-state index contributed by atoms with van der Waals surface area (Å²) in [4.78, 5) is 12.3. The fourth-order valence-corrected chi connectivity index (χ4v) is 1.37. The van der Waals surface area contributed by atoms with Crippen LogP contribution in [-0.2, 0) is 4.79 Å². The fraction of sp³-hybridized carbons (Fsp3) is 0.417. The fourth-order valence-electron chi connectivity index (χ4n) is 1.25. The van der Waals surface area contributed by atoms with Crippen LogP contribution in [0.15, 0.2) is 24.3 Å². The zero-order valence-electron chi connectivity index (χ0n) is 9.73. The lowest BCUT2D eigenvalue weighted by Gasteiger charge is -2.15. The van der Waals surface area contributed by atoms with Crippen LogP contribution in [0.4, 0.5) is 0 Å². The lowest BCUT2D eigenvalue weighted by atomic mass is 10.3. The summed E-state index contributed by atoms with van der Waals surface area (Å²) in [7, 11) is 1.87. The molecule has 0 unspecified atom stereocenters. The summed E-state index contributed by atoms with van der Waals surface area (Å²) in [5.41, 5.74) is 0. The molecule has 1 rings (SSSR count). The van der Waals surface area contributed by atoms with E-state index in [0.717, 1.165) is 5.75 Å². The smallest absolute Gasteiger partial charge is 0.304 e. The minimum atomic E-state index is -0.782. The first kappa shape index (κ1) is 13.8. The second kappa shape index (κ2) is 7.14. The highest BCUT2D eigenvalue weighted by Crippen LogP contribution is 2.15. The van der Waals surface area contributed by atoms with E-state index in [0.29, 0.717) is 24.7 Å². The summed E-state index contributed by atoms with van der Waals surface area (Å²) in [5, 5.41) is 9.20. The average molecular weight is 258 g/mol. The van der Waals surface area contributed by atoms with Crippen LogP contribution in [0.5, 0.6) is 5.75 Å². The van der Waals surface area contributed by atoms with Crippen molar-refractivity contribution in [3.05, 3.63) is 29.3 Å². The highest BCUT2D eigenvalue weighted by Gasteiger charge is 2.02. The maximum atomic E-state index is 10.4. The summed E-state index contributed by atoms with van der Waals surface area (Å²) in [6, 6.07) is 7.15. The molecule has 94 valence electrons. The Bertz CT molecular complexity index is 353. The van der Waals surface area contributed by atoms with Gasteiger partial charge in [-0.1, -0.05) is 11.6 Å². The minimum Gasteiger partial charge on any atom is -0.492 e. The number of nitrogens with zero attached hydrogens (tertiary/aromatic N) is 1. The van der Waals surface area contributed by atoms with Gasteiger partial charge in [0.05, 0.1) is 6.42 Å². The van der Waals surface area contributed by atoms with Gasteiger partial charge in [0, 0.05) is 18.1 Å². The van der Waals surface area contributed by atoms with Crippen molar-refractivity contribution in [1.82, 2.24) is 4.90 Å². The third-order valence-corrected chi connectivity index (χ3v) is 2.51. The number of halogens is 1. The van der Waals surface area contributed by atoms with E-state index in [-0.39, 0.29) is 6.42 Å². The predicted molar refractivity (Wildman–Crippen MR) is 66.7 cm³/mol. The van der Waals surface area contributed by atoms with Gasteiger partial charge in [-0.2, -0.15) is 0 Å². The second-order valence-electron chi connectivity index (χ2n) is 3.75. The molecule has 0 atom stereocenters. The topological polar surface area (TPSA) is 49.8 Å². The van der Waals surface area contributed by atoms with Crippen molar-refractivity contribution < 1.29 is 14.6 Å². The third kappa shape index (κ3) is 6.14. The molecule has 0 radical (unpaired) electrons. The van der Waals surface area contributed by atoms with Gasteiger partial charge in [-0.25, -0.2) is 0 Å². The van der Waals surface area contributed by atoms with Crippen molar-refractivity contribution in [1.29, 1.82) is 0 Å². The zero-order chi connectivity index (χ0) is 12.7. The van der Waals surface area contributed by atoms with Crippen molar-refractivity contribution in [2.24, 2.45) is 0 Å². The lowest BCUT2D eigenvalue weighted by molar-refractivity contribution is -0.137. The molecular weight excluding hydrogens is 242 g/mol. The van der Waals surface area contributed by atoms with Crippen LogP contribution in [0.25, 0.3) is 0 Å². The monoisotopic (exact) mass is 257 g/mol. The molecule has 5 heteroatoms. The van der Waals surface area contributed by atoms with Crippen LogP contribution in [0.1, 0.15) is 6.42 Å². The molecule has 0 spiro atoms. The Kier molecular flexibility index (Phi) is 5.80. The van der Waals surface area contributed by atoms with Crippen molar-refractivity contribution in [2.75, 3.05) is 26.7 Å². The summed E-state index contributed by atoms with van der Waals surface area (Å²) < 4.78 is 5.49. The Labute approximate surface area is 106 Å².